The molecule has 184 valence electrons. The molecule has 5 aromatic rings. The molecule has 4 N–H and O–H groups in total. The van der Waals surface area contributed by atoms with Gasteiger partial charge in [0.25, 0.3) is 0 Å². The second-order valence-electron chi connectivity index (χ2n) is 9.38. The molecule has 0 aliphatic carbocycles. The van der Waals surface area contributed by atoms with Crippen LogP contribution in [0.25, 0.3) is 11.1 Å². The number of hydrogen-bond donors (Lipinski definition) is 3. The number of anilines is 5. The number of benzene rings is 5. The van der Waals surface area contributed by atoms with Crippen LogP contribution in [0.2, 0.25) is 0 Å². The first-order chi connectivity index (χ1) is 18.0. The average Bonchev–Trinajstić information content (AvgIpc) is 2.92. The van der Waals surface area contributed by atoms with Gasteiger partial charge < -0.3 is 16.4 Å². The highest BCUT2D eigenvalue weighted by atomic mass is 32.2. The standard InChI is InChI=1S/C33H31N3S/c1-23(2)24-3-11-28(12-4-24)35-29-13-5-25(6-14-29)26-7-15-30(16-8-26)36-31-17-21-33(22-18-31)37-32-19-9-27(34)10-20-32/h3-23,35-36H,34H2,1-2H3. The SMILES string of the molecule is CC(C)c1ccc(Nc2ccc(-c3ccc(Nc4ccc(Sc5ccc(N)cc5)cc4)cc3)cc2)cc1. The van der Waals surface area contributed by atoms with Gasteiger partial charge in [0.1, 0.15) is 0 Å². The topological polar surface area (TPSA) is 50.1 Å². The lowest BCUT2D eigenvalue weighted by molar-refractivity contribution is 0.867. The predicted molar refractivity (Wildman–Crippen MR) is 160 cm³/mol. The largest absolute Gasteiger partial charge is 0.399 e. The molecule has 3 nitrogen and oxygen atoms in total. The summed E-state index contributed by atoms with van der Waals surface area (Å²) in [6.45, 7) is 4.43. The van der Waals surface area contributed by atoms with Crippen LogP contribution in [-0.2, 0) is 0 Å². The molecule has 0 aliphatic rings. The van der Waals surface area contributed by atoms with Gasteiger partial charge in [-0.3, -0.25) is 0 Å². The Labute approximate surface area is 223 Å². The molecule has 0 spiro atoms. The van der Waals surface area contributed by atoms with Crippen LogP contribution in [0.5, 0.6) is 0 Å². The van der Waals surface area contributed by atoms with Crippen LogP contribution in [0.1, 0.15) is 25.3 Å². The number of rotatable bonds is 8. The molecule has 0 aliphatic heterocycles. The average molecular weight is 502 g/mol. The van der Waals surface area contributed by atoms with E-state index in [4.69, 9.17) is 5.73 Å². The van der Waals surface area contributed by atoms with Crippen molar-refractivity contribution in [3.63, 3.8) is 0 Å². The summed E-state index contributed by atoms with van der Waals surface area (Å²) in [5.41, 5.74) is 14.6. The fourth-order valence-corrected chi connectivity index (χ4v) is 4.87. The van der Waals surface area contributed by atoms with Crippen molar-refractivity contribution in [2.24, 2.45) is 0 Å². The number of nitrogens with two attached hydrogens (primary N) is 1. The zero-order valence-electron chi connectivity index (χ0n) is 21.1. The highest BCUT2D eigenvalue weighted by molar-refractivity contribution is 7.99. The molecule has 0 radical (unpaired) electrons. The summed E-state index contributed by atoms with van der Waals surface area (Å²) in [4.78, 5) is 2.37. The maximum Gasteiger partial charge on any atom is 0.0385 e. The quantitative estimate of drug-likeness (QED) is 0.185. The van der Waals surface area contributed by atoms with E-state index in [0.29, 0.717) is 5.92 Å². The van der Waals surface area contributed by atoms with E-state index in [9.17, 15) is 0 Å². The van der Waals surface area contributed by atoms with Crippen molar-refractivity contribution in [3.05, 3.63) is 127 Å². The highest BCUT2D eigenvalue weighted by Crippen LogP contribution is 2.30. The van der Waals surface area contributed by atoms with Gasteiger partial charge in [0.05, 0.1) is 0 Å². The van der Waals surface area contributed by atoms with Crippen LogP contribution in [0, 0.1) is 0 Å². The van der Waals surface area contributed by atoms with E-state index >= 15 is 0 Å². The number of hydrogen-bond acceptors (Lipinski definition) is 4. The molecule has 0 unspecified atom stereocenters. The zero-order chi connectivity index (χ0) is 25.6. The normalized spacial score (nSPS) is 10.9. The summed E-state index contributed by atoms with van der Waals surface area (Å²) in [5, 5.41) is 6.98. The van der Waals surface area contributed by atoms with Crippen LogP contribution >= 0.6 is 11.8 Å². The molecule has 0 heterocycles. The Hall–Kier alpha value is -4.15. The number of nitrogen functional groups attached to an aromatic ring is 1. The molecule has 37 heavy (non-hydrogen) atoms. The van der Waals surface area contributed by atoms with Gasteiger partial charge in [0.2, 0.25) is 0 Å². The van der Waals surface area contributed by atoms with Crippen LogP contribution < -0.4 is 16.4 Å². The van der Waals surface area contributed by atoms with Gasteiger partial charge in [-0.25, -0.2) is 0 Å². The van der Waals surface area contributed by atoms with Gasteiger partial charge in [-0.2, -0.15) is 0 Å². The molecule has 0 atom stereocenters. The molecule has 0 saturated heterocycles. The summed E-state index contributed by atoms with van der Waals surface area (Å²) in [6, 6.07) is 42.2. The molecule has 0 aromatic heterocycles. The third-order valence-electron chi connectivity index (χ3n) is 6.23. The van der Waals surface area contributed by atoms with E-state index in [-0.39, 0.29) is 0 Å². The van der Waals surface area contributed by atoms with Gasteiger partial charge in [-0.15, -0.1) is 0 Å². The van der Waals surface area contributed by atoms with Crippen molar-refractivity contribution in [2.75, 3.05) is 16.4 Å². The number of nitrogens with one attached hydrogen (secondary N) is 2. The predicted octanol–water partition coefficient (Wildman–Crippen LogP) is 9.70. The second kappa shape index (κ2) is 11.3. The third-order valence-corrected chi connectivity index (χ3v) is 7.24. The van der Waals surface area contributed by atoms with E-state index < -0.39 is 0 Å². The first-order valence-electron chi connectivity index (χ1n) is 12.5. The summed E-state index contributed by atoms with van der Waals surface area (Å²) in [6.07, 6.45) is 0. The molecular weight excluding hydrogens is 470 g/mol. The summed E-state index contributed by atoms with van der Waals surface area (Å²) >= 11 is 1.73. The van der Waals surface area contributed by atoms with Gasteiger partial charge in [0, 0.05) is 38.2 Å². The zero-order valence-corrected chi connectivity index (χ0v) is 21.9. The van der Waals surface area contributed by atoms with Crippen molar-refractivity contribution < 1.29 is 0 Å². The lowest BCUT2D eigenvalue weighted by atomic mass is 10.0. The van der Waals surface area contributed by atoms with Crippen LogP contribution in [-0.4, -0.2) is 0 Å². The Morgan fingerprint density at radius 1 is 0.486 bits per heavy atom. The fraction of sp³-hybridized carbons (Fsp3) is 0.0909. The third kappa shape index (κ3) is 6.54. The minimum Gasteiger partial charge on any atom is -0.399 e. The lowest BCUT2D eigenvalue weighted by Gasteiger charge is -2.11. The summed E-state index contributed by atoms with van der Waals surface area (Å²) in [5.74, 6) is 0.542. The molecule has 0 saturated carbocycles. The van der Waals surface area contributed by atoms with E-state index in [2.05, 4.69) is 122 Å². The first-order valence-corrected chi connectivity index (χ1v) is 13.3. The molecule has 0 bridgehead atoms. The minimum absolute atomic E-state index is 0.542. The van der Waals surface area contributed by atoms with Crippen molar-refractivity contribution in [2.45, 2.75) is 29.6 Å². The van der Waals surface area contributed by atoms with Crippen molar-refractivity contribution >= 4 is 40.2 Å². The molecule has 5 rings (SSSR count). The van der Waals surface area contributed by atoms with E-state index in [1.54, 1.807) is 11.8 Å². The van der Waals surface area contributed by atoms with Crippen LogP contribution in [0.3, 0.4) is 0 Å². The first kappa shape index (κ1) is 24.5. The fourth-order valence-electron chi connectivity index (χ4n) is 4.05. The van der Waals surface area contributed by atoms with Crippen molar-refractivity contribution in [3.8, 4) is 11.1 Å². The molecule has 5 aromatic carbocycles. The van der Waals surface area contributed by atoms with Gasteiger partial charge in [-0.1, -0.05) is 62.0 Å². The summed E-state index contributed by atoms with van der Waals surface area (Å²) in [7, 11) is 0. The van der Waals surface area contributed by atoms with Crippen molar-refractivity contribution in [1.82, 2.24) is 0 Å². The second-order valence-corrected chi connectivity index (χ2v) is 10.5. The molecular formula is C33H31N3S. The van der Waals surface area contributed by atoms with Gasteiger partial charge >= 0.3 is 0 Å². The Bertz CT molecular complexity index is 1420. The Morgan fingerprint density at radius 3 is 1.24 bits per heavy atom. The van der Waals surface area contributed by atoms with Crippen LogP contribution in [0.4, 0.5) is 28.4 Å². The summed E-state index contributed by atoms with van der Waals surface area (Å²) < 4.78 is 0. The maximum atomic E-state index is 5.78. The van der Waals surface area contributed by atoms with E-state index in [0.717, 1.165) is 28.4 Å². The molecule has 0 amide bonds. The minimum atomic E-state index is 0.542. The van der Waals surface area contributed by atoms with Gasteiger partial charge in [0.15, 0.2) is 0 Å². The lowest BCUT2D eigenvalue weighted by Crippen LogP contribution is -1.92. The highest BCUT2D eigenvalue weighted by Gasteiger charge is 2.03. The molecule has 0 fully saturated rings. The monoisotopic (exact) mass is 501 g/mol. The van der Waals surface area contributed by atoms with E-state index in [1.165, 1.54) is 26.5 Å². The van der Waals surface area contributed by atoms with Crippen molar-refractivity contribution in [1.29, 1.82) is 0 Å². The Kier molecular flexibility index (Phi) is 7.48. The molecule has 4 heteroatoms. The van der Waals surface area contributed by atoms with Crippen LogP contribution in [0.15, 0.2) is 131 Å². The Morgan fingerprint density at radius 2 is 0.838 bits per heavy atom. The van der Waals surface area contributed by atoms with E-state index in [1.807, 2.05) is 24.3 Å². The Balaban J connectivity index is 1.18. The van der Waals surface area contributed by atoms with Gasteiger partial charge in [-0.05, 0) is 108 Å². The smallest absolute Gasteiger partial charge is 0.0385 e. The maximum absolute atomic E-state index is 5.78.